The average molecular weight is 306 g/mol. The van der Waals surface area contributed by atoms with Crippen molar-refractivity contribution in [2.24, 2.45) is 0 Å². The number of nitrogens with one attached hydrogen (secondary N) is 1. The second-order valence-corrected chi connectivity index (χ2v) is 5.10. The summed E-state index contributed by atoms with van der Waals surface area (Å²) in [6, 6.07) is 13.7. The number of anilines is 1. The van der Waals surface area contributed by atoms with E-state index in [2.05, 4.69) is 12.2 Å². The highest BCUT2D eigenvalue weighted by Crippen LogP contribution is 2.35. The Balaban J connectivity index is 2.21. The molecule has 0 spiro atoms. The van der Waals surface area contributed by atoms with E-state index in [1.54, 1.807) is 13.2 Å². The molecular weight excluding hydrogens is 286 g/mol. The van der Waals surface area contributed by atoms with Crippen molar-refractivity contribution >= 4 is 17.3 Å². The van der Waals surface area contributed by atoms with Crippen LogP contribution in [0.3, 0.4) is 0 Å². The van der Waals surface area contributed by atoms with Crippen molar-refractivity contribution in [3.63, 3.8) is 0 Å². The van der Waals surface area contributed by atoms with Gasteiger partial charge >= 0.3 is 0 Å². The fourth-order valence-corrected chi connectivity index (χ4v) is 2.26. The minimum atomic E-state index is 0.625. The molecule has 0 unspecified atom stereocenters. The molecule has 0 radical (unpaired) electrons. The molecule has 4 heteroatoms. The smallest absolute Gasteiger partial charge is 0.166 e. The molecule has 0 saturated carbocycles. The maximum Gasteiger partial charge on any atom is 0.166 e. The van der Waals surface area contributed by atoms with E-state index in [0.717, 1.165) is 23.4 Å². The van der Waals surface area contributed by atoms with Crippen LogP contribution in [0.15, 0.2) is 42.5 Å². The second-order valence-electron chi connectivity index (χ2n) is 4.66. The lowest BCUT2D eigenvalue weighted by Gasteiger charge is -2.16. The van der Waals surface area contributed by atoms with Crippen molar-refractivity contribution < 1.29 is 9.47 Å². The Labute approximate surface area is 130 Å². The van der Waals surface area contributed by atoms with E-state index in [0.29, 0.717) is 23.9 Å². The first-order valence-corrected chi connectivity index (χ1v) is 7.40. The molecule has 2 aromatic rings. The van der Waals surface area contributed by atoms with Gasteiger partial charge in [-0.25, -0.2) is 0 Å². The lowest BCUT2D eigenvalue weighted by molar-refractivity contribution is 0.291. The van der Waals surface area contributed by atoms with Gasteiger partial charge < -0.3 is 14.8 Å². The summed E-state index contributed by atoms with van der Waals surface area (Å²) in [7, 11) is 1.62. The van der Waals surface area contributed by atoms with Crippen molar-refractivity contribution in [2.45, 2.75) is 19.9 Å². The molecule has 0 aliphatic rings. The SMILES string of the molecule is CCCOc1c(CNc2ccccc2)cc(Cl)cc1OC. The molecule has 0 fully saturated rings. The maximum absolute atomic E-state index is 6.15. The van der Waals surface area contributed by atoms with E-state index in [4.69, 9.17) is 21.1 Å². The number of rotatable bonds is 7. The predicted molar refractivity (Wildman–Crippen MR) is 87.6 cm³/mol. The maximum atomic E-state index is 6.15. The first kappa shape index (κ1) is 15.5. The third-order valence-electron chi connectivity index (χ3n) is 3.02. The molecule has 2 aromatic carbocycles. The third kappa shape index (κ3) is 4.30. The highest BCUT2D eigenvalue weighted by Gasteiger charge is 2.12. The van der Waals surface area contributed by atoms with Crippen LogP contribution in [0.25, 0.3) is 0 Å². The number of methoxy groups -OCH3 is 1. The molecule has 0 aliphatic carbocycles. The van der Waals surface area contributed by atoms with Gasteiger partial charge in [0.1, 0.15) is 0 Å². The summed E-state index contributed by atoms with van der Waals surface area (Å²) in [5.41, 5.74) is 2.04. The van der Waals surface area contributed by atoms with Gasteiger partial charge in [-0.3, -0.25) is 0 Å². The first-order chi connectivity index (χ1) is 10.2. The lowest BCUT2D eigenvalue weighted by atomic mass is 10.1. The molecule has 0 atom stereocenters. The van der Waals surface area contributed by atoms with Gasteiger partial charge in [0, 0.05) is 28.9 Å². The van der Waals surface area contributed by atoms with E-state index in [1.807, 2.05) is 36.4 Å². The Bertz CT molecular complexity index is 573. The first-order valence-electron chi connectivity index (χ1n) is 7.02. The zero-order valence-electron chi connectivity index (χ0n) is 12.4. The molecule has 0 aliphatic heterocycles. The summed E-state index contributed by atoms with van der Waals surface area (Å²) in [6.07, 6.45) is 0.942. The summed E-state index contributed by atoms with van der Waals surface area (Å²) < 4.78 is 11.2. The van der Waals surface area contributed by atoms with E-state index < -0.39 is 0 Å². The van der Waals surface area contributed by atoms with Crippen LogP contribution in [-0.2, 0) is 6.54 Å². The van der Waals surface area contributed by atoms with Crippen LogP contribution in [0.1, 0.15) is 18.9 Å². The molecule has 1 N–H and O–H groups in total. The average Bonchev–Trinajstić information content (AvgIpc) is 2.52. The summed E-state index contributed by atoms with van der Waals surface area (Å²) in [6.45, 7) is 3.35. The Morgan fingerprint density at radius 2 is 1.90 bits per heavy atom. The highest BCUT2D eigenvalue weighted by atomic mass is 35.5. The normalized spacial score (nSPS) is 10.2. The molecule has 2 rings (SSSR count). The molecule has 0 amide bonds. The molecule has 0 bridgehead atoms. The zero-order valence-corrected chi connectivity index (χ0v) is 13.1. The van der Waals surface area contributed by atoms with Crippen molar-refractivity contribution in [1.82, 2.24) is 0 Å². The molecule has 3 nitrogen and oxygen atoms in total. The minimum Gasteiger partial charge on any atom is -0.493 e. The van der Waals surface area contributed by atoms with Crippen LogP contribution >= 0.6 is 11.6 Å². The molecule has 0 saturated heterocycles. The van der Waals surface area contributed by atoms with Crippen molar-refractivity contribution in [2.75, 3.05) is 19.0 Å². The van der Waals surface area contributed by atoms with Gasteiger partial charge in [0.15, 0.2) is 11.5 Å². The third-order valence-corrected chi connectivity index (χ3v) is 3.24. The Hall–Kier alpha value is -1.87. The van der Waals surface area contributed by atoms with Crippen LogP contribution in [0, 0.1) is 0 Å². The number of hydrogen-bond donors (Lipinski definition) is 1. The fraction of sp³-hybridized carbons (Fsp3) is 0.294. The van der Waals surface area contributed by atoms with Crippen molar-refractivity contribution in [1.29, 1.82) is 0 Å². The quantitative estimate of drug-likeness (QED) is 0.800. The van der Waals surface area contributed by atoms with Gasteiger partial charge in [-0.2, -0.15) is 0 Å². The Morgan fingerprint density at radius 3 is 2.57 bits per heavy atom. The van der Waals surface area contributed by atoms with Crippen LogP contribution in [0.4, 0.5) is 5.69 Å². The van der Waals surface area contributed by atoms with Gasteiger partial charge in [0.2, 0.25) is 0 Å². The monoisotopic (exact) mass is 305 g/mol. The van der Waals surface area contributed by atoms with Gasteiger partial charge in [0.25, 0.3) is 0 Å². The number of halogens is 1. The van der Waals surface area contributed by atoms with Gasteiger partial charge in [-0.15, -0.1) is 0 Å². The predicted octanol–water partition coefficient (Wildman–Crippen LogP) is 4.75. The number of benzene rings is 2. The lowest BCUT2D eigenvalue weighted by Crippen LogP contribution is -2.05. The van der Waals surface area contributed by atoms with Crippen LogP contribution in [0.5, 0.6) is 11.5 Å². The Kier molecular flexibility index (Phi) is 5.76. The Morgan fingerprint density at radius 1 is 1.14 bits per heavy atom. The van der Waals surface area contributed by atoms with Crippen molar-refractivity contribution in [3.8, 4) is 11.5 Å². The zero-order chi connectivity index (χ0) is 15.1. The van der Waals surface area contributed by atoms with Crippen molar-refractivity contribution in [3.05, 3.63) is 53.1 Å². The topological polar surface area (TPSA) is 30.5 Å². The number of para-hydroxylation sites is 1. The van der Waals surface area contributed by atoms with Crippen LogP contribution < -0.4 is 14.8 Å². The fourth-order valence-electron chi connectivity index (χ4n) is 2.03. The molecule has 0 aromatic heterocycles. The van der Waals surface area contributed by atoms with Gasteiger partial charge in [-0.1, -0.05) is 36.7 Å². The largest absolute Gasteiger partial charge is 0.493 e. The van der Waals surface area contributed by atoms with E-state index in [-0.39, 0.29) is 0 Å². The minimum absolute atomic E-state index is 0.625. The van der Waals surface area contributed by atoms with Gasteiger partial charge in [0.05, 0.1) is 13.7 Å². The number of ether oxygens (including phenoxy) is 2. The molecular formula is C17H20ClNO2. The summed E-state index contributed by atoms with van der Waals surface area (Å²) in [5, 5.41) is 4.00. The number of hydrogen-bond acceptors (Lipinski definition) is 3. The van der Waals surface area contributed by atoms with E-state index in [1.165, 1.54) is 0 Å². The van der Waals surface area contributed by atoms with Gasteiger partial charge in [-0.05, 0) is 24.6 Å². The highest BCUT2D eigenvalue weighted by molar-refractivity contribution is 6.30. The summed E-state index contributed by atoms with van der Waals surface area (Å²) in [4.78, 5) is 0. The van der Waals surface area contributed by atoms with E-state index in [9.17, 15) is 0 Å². The van der Waals surface area contributed by atoms with E-state index >= 15 is 0 Å². The molecule has 21 heavy (non-hydrogen) atoms. The second kappa shape index (κ2) is 7.79. The van der Waals surface area contributed by atoms with Crippen LogP contribution in [-0.4, -0.2) is 13.7 Å². The summed E-state index contributed by atoms with van der Waals surface area (Å²) in [5.74, 6) is 1.42. The molecule has 0 heterocycles. The summed E-state index contributed by atoms with van der Waals surface area (Å²) >= 11 is 6.15. The molecule has 112 valence electrons. The standard InChI is InChI=1S/C17H20ClNO2/c1-3-9-21-17-13(10-14(18)11-16(17)20-2)12-19-15-7-5-4-6-8-15/h4-8,10-11,19H,3,9,12H2,1-2H3. The van der Waals surface area contributed by atoms with Crippen LogP contribution in [0.2, 0.25) is 5.02 Å².